The topological polar surface area (TPSA) is 49.4 Å². The van der Waals surface area contributed by atoms with Crippen LogP contribution < -0.4 is 10.2 Å². The van der Waals surface area contributed by atoms with Gasteiger partial charge in [0.15, 0.2) is 0 Å². The third-order valence-corrected chi connectivity index (χ3v) is 7.13. The molecular weight excluding hydrogens is 404 g/mol. The minimum absolute atomic E-state index is 0.0378. The molecule has 1 N–H and O–H groups in total. The van der Waals surface area contributed by atoms with Crippen LogP contribution >= 0.6 is 11.8 Å². The lowest BCUT2D eigenvalue weighted by Gasteiger charge is -2.25. The number of thioether (sulfide) groups is 1. The Kier molecular flexibility index (Phi) is 5.51. The van der Waals surface area contributed by atoms with E-state index >= 15 is 0 Å². The van der Waals surface area contributed by atoms with E-state index in [1.165, 1.54) is 17.5 Å². The molecule has 156 valence electrons. The average Bonchev–Trinajstić information content (AvgIpc) is 3.40. The van der Waals surface area contributed by atoms with Crippen molar-refractivity contribution in [3.8, 4) is 0 Å². The van der Waals surface area contributed by atoms with Crippen LogP contribution in [0.5, 0.6) is 0 Å². The predicted octanol–water partition coefficient (Wildman–Crippen LogP) is 5.14. The number of fused-ring (bicyclic) bond motifs is 1. The Hall–Kier alpha value is -3.05. The zero-order valence-corrected chi connectivity index (χ0v) is 18.0. The number of nitrogens with one attached hydrogen (secondary N) is 1. The Balaban J connectivity index is 1.30. The predicted molar refractivity (Wildman–Crippen MR) is 126 cm³/mol. The van der Waals surface area contributed by atoms with Gasteiger partial charge in [-0.2, -0.15) is 0 Å². The first kappa shape index (κ1) is 19.9. The van der Waals surface area contributed by atoms with Gasteiger partial charge in [-0.1, -0.05) is 48.5 Å². The van der Waals surface area contributed by atoms with Gasteiger partial charge in [0.25, 0.3) is 0 Å². The number of aryl methyl sites for hydroxylation is 2. The van der Waals surface area contributed by atoms with E-state index in [9.17, 15) is 9.59 Å². The molecule has 3 aromatic carbocycles. The average molecular weight is 429 g/mol. The summed E-state index contributed by atoms with van der Waals surface area (Å²) in [5, 5.41) is 2.92. The maximum absolute atomic E-state index is 12.7. The second kappa shape index (κ2) is 8.60. The molecule has 1 saturated heterocycles. The van der Waals surface area contributed by atoms with E-state index in [1.807, 2.05) is 59.5 Å². The van der Waals surface area contributed by atoms with Gasteiger partial charge in [-0.15, -0.1) is 11.8 Å². The third-order valence-electron chi connectivity index (χ3n) is 5.92. The first-order valence-electron chi connectivity index (χ1n) is 10.7. The molecule has 1 heterocycles. The van der Waals surface area contributed by atoms with Crippen molar-refractivity contribution in [3.05, 3.63) is 95.1 Å². The monoisotopic (exact) mass is 428 g/mol. The van der Waals surface area contributed by atoms with Crippen LogP contribution in [-0.4, -0.2) is 17.6 Å². The zero-order chi connectivity index (χ0) is 21.2. The second-order valence-corrected chi connectivity index (χ2v) is 9.13. The first-order chi connectivity index (χ1) is 15.2. The van der Waals surface area contributed by atoms with E-state index in [-0.39, 0.29) is 17.2 Å². The standard InChI is InChI=1S/C26H24N2O2S/c29-24(15-18-5-2-1-3-6-18)27-22-12-9-20(10-13-22)26-28(25(30)17-31-26)23-14-11-19-7-4-8-21(19)16-23/h1-3,5-6,9-14,16,26H,4,7-8,15,17H2,(H,27,29)/t26-/m1/s1. The van der Waals surface area contributed by atoms with Crippen LogP contribution in [0, 0.1) is 0 Å². The van der Waals surface area contributed by atoms with Crippen molar-refractivity contribution in [2.24, 2.45) is 0 Å². The number of carbonyl (C=O) groups excluding carboxylic acids is 2. The molecule has 1 aliphatic carbocycles. The molecule has 3 aromatic rings. The Morgan fingerprint density at radius 1 is 0.968 bits per heavy atom. The van der Waals surface area contributed by atoms with Crippen LogP contribution in [0.15, 0.2) is 72.8 Å². The van der Waals surface area contributed by atoms with Crippen molar-refractivity contribution in [2.45, 2.75) is 31.1 Å². The van der Waals surface area contributed by atoms with Gasteiger partial charge in [-0.3, -0.25) is 14.5 Å². The molecule has 2 amide bonds. The number of anilines is 2. The van der Waals surface area contributed by atoms with E-state index in [1.54, 1.807) is 11.8 Å². The van der Waals surface area contributed by atoms with Gasteiger partial charge >= 0.3 is 0 Å². The van der Waals surface area contributed by atoms with E-state index in [4.69, 9.17) is 0 Å². The van der Waals surface area contributed by atoms with E-state index in [0.717, 1.165) is 35.3 Å². The largest absolute Gasteiger partial charge is 0.326 e. The van der Waals surface area contributed by atoms with Crippen LogP contribution in [0.25, 0.3) is 0 Å². The summed E-state index contributed by atoms with van der Waals surface area (Å²) in [4.78, 5) is 26.9. The smallest absolute Gasteiger partial charge is 0.238 e. The molecular formula is C26H24N2O2S. The van der Waals surface area contributed by atoms with Gasteiger partial charge in [0, 0.05) is 11.4 Å². The summed E-state index contributed by atoms with van der Waals surface area (Å²) < 4.78 is 0. The van der Waals surface area contributed by atoms with Crippen LogP contribution in [0.3, 0.4) is 0 Å². The van der Waals surface area contributed by atoms with Gasteiger partial charge in [0.1, 0.15) is 5.37 Å². The molecule has 5 heteroatoms. The summed E-state index contributed by atoms with van der Waals surface area (Å²) in [7, 11) is 0. The van der Waals surface area contributed by atoms with Crippen molar-refractivity contribution in [1.29, 1.82) is 0 Å². The van der Waals surface area contributed by atoms with Crippen molar-refractivity contribution in [2.75, 3.05) is 16.0 Å². The van der Waals surface area contributed by atoms with Gasteiger partial charge in [0.05, 0.1) is 12.2 Å². The van der Waals surface area contributed by atoms with Gasteiger partial charge in [-0.25, -0.2) is 0 Å². The molecule has 0 spiro atoms. The number of hydrogen-bond acceptors (Lipinski definition) is 3. The Labute approximate surface area is 186 Å². The molecule has 1 aliphatic heterocycles. The number of carbonyl (C=O) groups is 2. The highest BCUT2D eigenvalue weighted by atomic mass is 32.2. The lowest BCUT2D eigenvalue weighted by atomic mass is 10.1. The molecule has 0 aromatic heterocycles. The van der Waals surface area contributed by atoms with Crippen molar-refractivity contribution >= 4 is 35.0 Å². The molecule has 31 heavy (non-hydrogen) atoms. The molecule has 2 aliphatic rings. The summed E-state index contributed by atoms with van der Waals surface area (Å²) in [5.74, 6) is 0.592. The minimum atomic E-state index is -0.0407. The summed E-state index contributed by atoms with van der Waals surface area (Å²) >= 11 is 1.65. The molecule has 4 nitrogen and oxygen atoms in total. The van der Waals surface area contributed by atoms with Crippen LogP contribution in [0.1, 0.15) is 34.0 Å². The SMILES string of the molecule is O=C(Cc1ccccc1)Nc1ccc([C@H]2SCC(=O)N2c2ccc3c(c2)CCC3)cc1. The quantitative estimate of drug-likeness (QED) is 0.613. The van der Waals surface area contributed by atoms with Crippen molar-refractivity contribution in [1.82, 2.24) is 0 Å². The van der Waals surface area contributed by atoms with Gasteiger partial charge < -0.3 is 5.32 Å². The lowest BCUT2D eigenvalue weighted by molar-refractivity contribution is -0.116. The summed E-state index contributed by atoms with van der Waals surface area (Å²) in [6.45, 7) is 0. The van der Waals surface area contributed by atoms with Crippen molar-refractivity contribution in [3.63, 3.8) is 0 Å². The minimum Gasteiger partial charge on any atom is -0.326 e. The fourth-order valence-electron chi connectivity index (χ4n) is 4.38. The normalized spacial score (nSPS) is 17.6. The third kappa shape index (κ3) is 4.23. The fourth-order valence-corrected chi connectivity index (χ4v) is 5.55. The lowest BCUT2D eigenvalue weighted by Crippen LogP contribution is -2.27. The van der Waals surface area contributed by atoms with Gasteiger partial charge in [-0.05, 0) is 65.8 Å². The summed E-state index contributed by atoms with van der Waals surface area (Å²) in [6, 6.07) is 24.0. The Bertz CT molecular complexity index is 1110. The number of nitrogens with zero attached hydrogens (tertiary/aromatic N) is 1. The fraction of sp³-hybridized carbons (Fsp3) is 0.231. The van der Waals surface area contributed by atoms with Gasteiger partial charge in [0.2, 0.25) is 11.8 Å². The second-order valence-electron chi connectivity index (χ2n) is 8.07. The maximum Gasteiger partial charge on any atom is 0.238 e. The molecule has 5 rings (SSSR count). The zero-order valence-electron chi connectivity index (χ0n) is 17.2. The Morgan fingerprint density at radius 3 is 2.55 bits per heavy atom. The van der Waals surface area contributed by atoms with Crippen LogP contribution in [-0.2, 0) is 28.9 Å². The summed E-state index contributed by atoms with van der Waals surface area (Å²) in [6.07, 6.45) is 3.78. The Morgan fingerprint density at radius 2 is 1.74 bits per heavy atom. The number of hydrogen-bond donors (Lipinski definition) is 1. The molecule has 0 radical (unpaired) electrons. The molecule has 0 saturated carbocycles. The molecule has 1 atom stereocenters. The molecule has 0 bridgehead atoms. The number of benzene rings is 3. The maximum atomic E-state index is 12.7. The van der Waals surface area contributed by atoms with E-state index < -0.39 is 0 Å². The van der Waals surface area contributed by atoms with Crippen molar-refractivity contribution < 1.29 is 9.59 Å². The molecule has 0 unspecified atom stereocenters. The number of rotatable bonds is 5. The highest BCUT2D eigenvalue weighted by Crippen LogP contribution is 2.42. The number of amides is 2. The van der Waals surface area contributed by atoms with Crippen LogP contribution in [0.4, 0.5) is 11.4 Å². The van der Waals surface area contributed by atoms with Crippen LogP contribution in [0.2, 0.25) is 0 Å². The first-order valence-corrected chi connectivity index (χ1v) is 11.7. The highest BCUT2D eigenvalue weighted by molar-refractivity contribution is 8.00. The van der Waals surface area contributed by atoms with E-state index in [2.05, 4.69) is 23.5 Å². The highest BCUT2D eigenvalue weighted by Gasteiger charge is 2.34. The molecule has 1 fully saturated rings. The summed E-state index contributed by atoms with van der Waals surface area (Å²) in [5.41, 5.74) is 6.59. The van der Waals surface area contributed by atoms with E-state index in [0.29, 0.717) is 12.2 Å².